The van der Waals surface area contributed by atoms with Crippen LogP contribution in [0, 0.1) is 23.4 Å². The van der Waals surface area contributed by atoms with Crippen LogP contribution in [0.15, 0.2) is 11.8 Å². The molecule has 6 nitrogen and oxygen atoms in total. The Kier molecular flexibility index (Phi) is 6.13. The van der Waals surface area contributed by atoms with Crippen molar-refractivity contribution in [1.29, 1.82) is 5.26 Å². The van der Waals surface area contributed by atoms with Gasteiger partial charge < -0.3 is 0 Å². The molecule has 4 fully saturated rings. The molecule has 0 bridgehead atoms. The first-order chi connectivity index (χ1) is 14.4. The van der Waals surface area contributed by atoms with Crippen LogP contribution in [-0.4, -0.2) is 46.4 Å². The van der Waals surface area contributed by atoms with Gasteiger partial charge in [-0.15, -0.1) is 0 Å². The Morgan fingerprint density at radius 2 is 1.87 bits per heavy atom. The molecule has 1 amide bonds. The number of allylic oxidation sites excluding steroid dienone is 1. The second-order valence-corrected chi connectivity index (χ2v) is 10.3. The van der Waals surface area contributed by atoms with E-state index in [1.165, 1.54) is 52.1 Å². The van der Waals surface area contributed by atoms with Gasteiger partial charge in [0.15, 0.2) is 0 Å². The van der Waals surface area contributed by atoms with Crippen LogP contribution in [0.3, 0.4) is 0 Å². The van der Waals surface area contributed by atoms with E-state index >= 15 is 0 Å². The zero-order valence-corrected chi connectivity index (χ0v) is 18.6. The van der Waals surface area contributed by atoms with Gasteiger partial charge in [-0.05, 0) is 0 Å². The fourth-order valence-electron chi connectivity index (χ4n) is 5.07. The molecule has 1 aliphatic heterocycles. The molecule has 0 spiro atoms. The molecule has 4 aliphatic rings. The molecule has 1 heterocycles. The van der Waals surface area contributed by atoms with Crippen LogP contribution in [0.2, 0.25) is 0 Å². The van der Waals surface area contributed by atoms with Crippen molar-refractivity contribution < 1.29 is 14.2 Å². The molecule has 7 heteroatoms. The van der Waals surface area contributed by atoms with E-state index in [0.29, 0.717) is 23.6 Å². The second-order valence-electron chi connectivity index (χ2n) is 10.3. The topological polar surface area (TPSA) is 65.8 Å². The van der Waals surface area contributed by atoms with Crippen molar-refractivity contribution in [2.75, 3.05) is 0 Å². The molecular formula is C23H34BN3O3. The van der Waals surface area contributed by atoms with Crippen molar-refractivity contribution in [3.63, 3.8) is 0 Å². The molecular weight excluding hydrogens is 377 g/mol. The van der Waals surface area contributed by atoms with Crippen LogP contribution in [0.4, 0.5) is 4.79 Å². The number of hydrogen-bond donors (Lipinski definition) is 0. The summed E-state index contributed by atoms with van der Waals surface area (Å²) in [5, 5.41) is 9.05. The van der Waals surface area contributed by atoms with Crippen LogP contribution >= 0.6 is 0 Å². The zero-order valence-electron chi connectivity index (χ0n) is 18.6. The first kappa shape index (κ1) is 21.3. The molecule has 0 aromatic carbocycles. The summed E-state index contributed by atoms with van der Waals surface area (Å²) in [5.74, 6) is 1.26. The average molecular weight is 411 g/mol. The maximum atomic E-state index is 13.4. The number of nitriles is 1. The number of carbonyl (C=O) groups excluding carboxylic acids is 1. The monoisotopic (exact) mass is 411 g/mol. The summed E-state index contributed by atoms with van der Waals surface area (Å²) in [6.45, 7) is 5.67. The Hall–Kier alpha value is -1.97. The van der Waals surface area contributed by atoms with Crippen LogP contribution in [0.25, 0.3) is 0 Å². The third kappa shape index (κ3) is 4.53. The van der Waals surface area contributed by atoms with E-state index < -0.39 is 5.60 Å². The summed E-state index contributed by atoms with van der Waals surface area (Å²) in [7, 11) is 1.45. The Balaban J connectivity index is 1.72. The molecule has 3 saturated carbocycles. The van der Waals surface area contributed by atoms with E-state index in [9.17, 15) is 4.79 Å². The molecule has 1 unspecified atom stereocenters. The molecule has 0 aromatic heterocycles. The van der Waals surface area contributed by atoms with Gasteiger partial charge in [-0.25, -0.2) is 0 Å². The number of hydrogen-bond acceptors (Lipinski definition) is 5. The van der Waals surface area contributed by atoms with Gasteiger partial charge in [0, 0.05) is 0 Å². The van der Waals surface area contributed by atoms with Crippen molar-refractivity contribution in [2.45, 2.75) is 103 Å². The summed E-state index contributed by atoms with van der Waals surface area (Å²) < 4.78 is 10.9. The van der Waals surface area contributed by atoms with Gasteiger partial charge in [0.05, 0.1) is 0 Å². The quantitative estimate of drug-likeness (QED) is 0.491. The van der Waals surface area contributed by atoms with Crippen molar-refractivity contribution in [3.05, 3.63) is 11.8 Å². The van der Waals surface area contributed by atoms with Gasteiger partial charge in [0.1, 0.15) is 0 Å². The maximum absolute atomic E-state index is 13.4. The van der Waals surface area contributed by atoms with E-state index in [0.717, 1.165) is 25.0 Å². The second kappa shape index (κ2) is 8.65. The van der Waals surface area contributed by atoms with Crippen LogP contribution < -0.4 is 0 Å². The Labute approximate surface area is 181 Å². The molecule has 4 rings (SSSR count). The van der Waals surface area contributed by atoms with Gasteiger partial charge >= 0.3 is 181 Å². The number of ether oxygens (including phenoxy) is 1. The van der Waals surface area contributed by atoms with Crippen molar-refractivity contribution in [3.8, 4) is 6.26 Å². The predicted octanol–water partition coefficient (Wildman–Crippen LogP) is 4.54. The fourth-order valence-corrected chi connectivity index (χ4v) is 5.07. The van der Waals surface area contributed by atoms with Gasteiger partial charge in [-0.1, -0.05) is 0 Å². The van der Waals surface area contributed by atoms with E-state index in [1.807, 2.05) is 20.8 Å². The zero-order chi connectivity index (χ0) is 21.3. The fraction of sp³-hybridized carbons (Fsp3) is 0.783. The van der Waals surface area contributed by atoms with Gasteiger partial charge in [0.25, 0.3) is 0 Å². The molecule has 30 heavy (non-hydrogen) atoms. The standard InChI is InChI=1S/C23H34BN3O3/c1-23(2,3)30-22(28)27-19(14-11-16-7-4-5-8-16)20(17-12-13-17)26(18-9-6-10-18)21(27)24-29-15-25/h14,16-18,20H,4-13H2,1-3H3/b19-14-. The molecule has 0 N–H and O–H groups in total. The van der Waals surface area contributed by atoms with E-state index in [2.05, 4.69) is 11.0 Å². The number of carbonyl (C=O) groups is 1. The Bertz CT molecular complexity index is 753. The summed E-state index contributed by atoms with van der Waals surface area (Å²) in [5.41, 5.74) is 1.12. The third-order valence-electron chi connectivity index (χ3n) is 6.82. The van der Waals surface area contributed by atoms with Crippen LogP contribution in [0.5, 0.6) is 0 Å². The summed E-state index contributed by atoms with van der Waals surface area (Å²) in [6, 6.07) is 0.573. The van der Waals surface area contributed by atoms with Crippen LogP contribution in [-0.2, 0) is 9.39 Å². The van der Waals surface area contributed by atoms with E-state index in [-0.39, 0.29) is 12.1 Å². The van der Waals surface area contributed by atoms with Crippen molar-refractivity contribution in [1.82, 2.24) is 9.80 Å². The molecule has 3 aliphatic carbocycles. The number of rotatable bonds is 5. The first-order valence-corrected chi connectivity index (χ1v) is 11.7. The van der Waals surface area contributed by atoms with E-state index in [1.54, 1.807) is 11.2 Å². The Morgan fingerprint density at radius 3 is 2.40 bits per heavy atom. The van der Waals surface area contributed by atoms with Crippen LogP contribution in [0.1, 0.15) is 85.0 Å². The average Bonchev–Trinajstić information content (AvgIpc) is 3.22. The minimum atomic E-state index is -0.589. The van der Waals surface area contributed by atoms with Gasteiger partial charge in [-0.2, -0.15) is 0 Å². The molecule has 162 valence electrons. The van der Waals surface area contributed by atoms with Gasteiger partial charge in [0.2, 0.25) is 0 Å². The Morgan fingerprint density at radius 1 is 1.17 bits per heavy atom. The van der Waals surface area contributed by atoms with E-state index in [4.69, 9.17) is 14.7 Å². The summed E-state index contributed by atoms with van der Waals surface area (Å²) in [4.78, 5) is 17.4. The number of nitrogens with zero attached hydrogens (tertiary/aromatic N) is 3. The normalized spacial score (nSPS) is 27.9. The number of amides is 1. The van der Waals surface area contributed by atoms with Gasteiger partial charge in [-0.3, -0.25) is 0 Å². The molecule has 0 aromatic rings. The molecule has 1 saturated heterocycles. The minimum absolute atomic E-state index is 0.178. The third-order valence-corrected chi connectivity index (χ3v) is 6.82. The SMILES string of the molecule is CC(C)(C)OC(=O)N1C(=BOC#N)N(C2CCC2)C(C2CC2)/C1=C/CC1CCCC1. The molecule has 1 atom stereocenters. The van der Waals surface area contributed by atoms with Crippen molar-refractivity contribution in [2.24, 2.45) is 11.8 Å². The summed E-state index contributed by atoms with van der Waals surface area (Å²) >= 11 is 0. The van der Waals surface area contributed by atoms with Crippen molar-refractivity contribution >= 4 is 18.9 Å². The summed E-state index contributed by atoms with van der Waals surface area (Å²) in [6.07, 6.45) is 15.6. The first-order valence-electron chi connectivity index (χ1n) is 11.7. The molecule has 0 radical (unpaired) electrons. The predicted molar refractivity (Wildman–Crippen MR) is 116 cm³/mol.